The van der Waals surface area contributed by atoms with E-state index >= 15 is 0 Å². The maximum Gasteiger partial charge on any atom is 0.320 e. The number of thioether (sulfide) groups is 1. The minimum absolute atomic E-state index is 0.172. The molecule has 0 aromatic heterocycles. The molecule has 1 N–H and O–H groups in total. The molecule has 0 aliphatic heterocycles. The van der Waals surface area contributed by atoms with Crippen LogP contribution >= 0.6 is 11.8 Å². The molecule has 0 heterocycles. The zero-order valence-electron chi connectivity index (χ0n) is 11.3. The summed E-state index contributed by atoms with van der Waals surface area (Å²) in [5.41, 5.74) is 0.172. The highest BCUT2D eigenvalue weighted by molar-refractivity contribution is 8.01. The molecule has 104 valence electrons. The normalized spacial score (nSPS) is 19.7. The maximum atomic E-state index is 12.9. The molecule has 1 saturated carbocycles. The Morgan fingerprint density at radius 2 is 1.79 bits per heavy atom. The van der Waals surface area contributed by atoms with E-state index in [1.165, 1.54) is 23.9 Å². The van der Waals surface area contributed by atoms with Crippen molar-refractivity contribution in [2.24, 2.45) is 5.41 Å². The van der Waals surface area contributed by atoms with Crippen molar-refractivity contribution in [2.75, 3.05) is 0 Å². The number of carboxylic acids is 1. The third-order valence-electron chi connectivity index (χ3n) is 4.34. The van der Waals surface area contributed by atoms with Crippen LogP contribution in [0, 0.1) is 11.2 Å². The van der Waals surface area contributed by atoms with Gasteiger partial charge in [0.25, 0.3) is 0 Å². The van der Waals surface area contributed by atoms with Gasteiger partial charge in [0.2, 0.25) is 0 Å². The van der Waals surface area contributed by atoms with Crippen LogP contribution in [0.5, 0.6) is 0 Å². The fourth-order valence-electron chi connectivity index (χ4n) is 2.91. The van der Waals surface area contributed by atoms with Gasteiger partial charge in [-0.15, -0.1) is 11.8 Å². The molecule has 0 spiro atoms. The first kappa shape index (κ1) is 14.4. The molecule has 4 heteroatoms. The second-order valence-corrected chi connectivity index (χ2v) is 6.87. The van der Waals surface area contributed by atoms with Gasteiger partial charge in [-0.25, -0.2) is 4.39 Å². The van der Waals surface area contributed by atoms with Gasteiger partial charge in [-0.05, 0) is 42.5 Å². The SMILES string of the molecule is CCC1(CC)CC(Sc2ccc(F)cc2)(C(=O)O)C1. The van der Waals surface area contributed by atoms with Crippen LogP contribution in [0.4, 0.5) is 4.39 Å². The molecule has 1 fully saturated rings. The molecule has 1 aliphatic carbocycles. The van der Waals surface area contributed by atoms with Crippen molar-refractivity contribution in [1.29, 1.82) is 0 Å². The summed E-state index contributed by atoms with van der Waals surface area (Å²) in [6.45, 7) is 4.25. The van der Waals surface area contributed by atoms with Gasteiger partial charge in [0.15, 0.2) is 0 Å². The molecule has 0 bridgehead atoms. The number of halogens is 1. The van der Waals surface area contributed by atoms with Crippen molar-refractivity contribution in [2.45, 2.75) is 49.2 Å². The Morgan fingerprint density at radius 1 is 1.26 bits per heavy atom. The summed E-state index contributed by atoms with van der Waals surface area (Å²) >= 11 is 1.36. The third-order valence-corrected chi connectivity index (χ3v) is 5.70. The van der Waals surface area contributed by atoms with Crippen LogP contribution in [-0.2, 0) is 4.79 Å². The van der Waals surface area contributed by atoms with Gasteiger partial charge in [-0.2, -0.15) is 0 Å². The fourth-order valence-corrected chi connectivity index (χ4v) is 4.47. The first-order valence-corrected chi connectivity index (χ1v) is 7.45. The van der Waals surface area contributed by atoms with E-state index in [2.05, 4.69) is 13.8 Å². The first-order valence-electron chi connectivity index (χ1n) is 6.63. The van der Waals surface area contributed by atoms with E-state index in [0.717, 1.165) is 17.7 Å². The summed E-state index contributed by atoms with van der Waals surface area (Å²) in [4.78, 5) is 12.4. The van der Waals surface area contributed by atoms with Crippen molar-refractivity contribution in [3.8, 4) is 0 Å². The van der Waals surface area contributed by atoms with E-state index in [4.69, 9.17) is 0 Å². The van der Waals surface area contributed by atoms with Crippen molar-refractivity contribution in [1.82, 2.24) is 0 Å². The minimum atomic E-state index is -0.751. The molecule has 1 aromatic carbocycles. The molecule has 0 atom stereocenters. The molecule has 1 aliphatic rings. The van der Waals surface area contributed by atoms with Gasteiger partial charge < -0.3 is 5.11 Å². The molecular formula is C15H19FO2S. The van der Waals surface area contributed by atoms with Gasteiger partial charge in [0.05, 0.1) is 0 Å². The molecule has 0 unspecified atom stereocenters. The van der Waals surface area contributed by atoms with Crippen LogP contribution in [0.25, 0.3) is 0 Å². The monoisotopic (exact) mass is 282 g/mol. The summed E-state index contributed by atoms with van der Waals surface area (Å²) in [5.74, 6) is -1.04. The lowest BCUT2D eigenvalue weighted by molar-refractivity contribution is -0.147. The molecule has 2 rings (SSSR count). The zero-order valence-corrected chi connectivity index (χ0v) is 12.1. The van der Waals surface area contributed by atoms with E-state index in [1.54, 1.807) is 12.1 Å². The summed E-state index contributed by atoms with van der Waals surface area (Å²) < 4.78 is 12.1. The van der Waals surface area contributed by atoms with Crippen molar-refractivity contribution < 1.29 is 14.3 Å². The Labute approximate surface area is 117 Å². The average molecular weight is 282 g/mol. The first-order chi connectivity index (χ1) is 8.95. The van der Waals surface area contributed by atoms with Gasteiger partial charge >= 0.3 is 5.97 Å². The predicted molar refractivity (Wildman–Crippen MR) is 74.9 cm³/mol. The minimum Gasteiger partial charge on any atom is -0.480 e. The number of aliphatic carboxylic acids is 1. The van der Waals surface area contributed by atoms with Gasteiger partial charge in [-0.1, -0.05) is 26.7 Å². The molecule has 0 saturated heterocycles. The van der Waals surface area contributed by atoms with Crippen LogP contribution in [0.2, 0.25) is 0 Å². The third kappa shape index (κ3) is 2.64. The molecule has 19 heavy (non-hydrogen) atoms. The van der Waals surface area contributed by atoms with E-state index in [0.29, 0.717) is 12.8 Å². The zero-order chi connectivity index (χ0) is 14.1. The fraction of sp³-hybridized carbons (Fsp3) is 0.533. The van der Waals surface area contributed by atoms with E-state index in [9.17, 15) is 14.3 Å². The number of carbonyl (C=O) groups is 1. The molecule has 2 nitrogen and oxygen atoms in total. The van der Waals surface area contributed by atoms with Crippen LogP contribution in [0.15, 0.2) is 29.2 Å². The Morgan fingerprint density at radius 3 is 2.21 bits per heavy atom. The Kier molecular flexibility index (Phi) is 3.90. The van der Waals surface area contributed by atoms with Crippen LogP contribution < -0.4 is 0 Å². The Hall–Kier alpha value is -1.03. The van der Waals surface area contributed by atoms with Gasteiger partial charge in [0, 0.05) is 4.90 Å². The van der Waals surface area contributed by atoms with Crippen molar-refractivity contribution in [3.63, 3.8) is 0 Å². The maximum absolute atomic E-state index is 12.9. The number of carboxylic acid groups (broad SMARTS) is 1. The quantitative estimate of drug-likeness (QED) is 0.872. The molecule has 0 amide bonds. The summed E-state index contributed by atoms with van der Waals surface area (Å²) in [5, 5.41) is 9.53. The van der Waals surface area contributed by atoms with Crippen LogP contribution in [0.1, 0.15) is 39.5 Å². The highest BCUT2D eigenvalue weighted by Crippen LogP contribution is 2.60. The number of hydrogen-bond acceptors (Lipinski definition) is 2. The summed E-state index contributed by atoms with van der Waals surface area (Å²) in [6, 6.07) is 6.07. The van der Waals surface area contributed by atoms with Crippen LogP contribution in [0.3, 0.4) is 0 Å². The average Bonchev–Trinajstić information content (AvgIpc) is 2.35. The number of hydrogen-bond donors (Lipinski definition) is 1. The molecule has 1 aromatic rings. The second kappa shape index (κ2) is 5.16. The number of rotatable bonds is 5. The van der Waals surface area contributed by atoms with E-state index < -0.39 is 10.7 Å². The van der Waals surface area contributed by atoms with Gasteiger partial charge in [-0.3, -0.25) is 4.79 Å². The Bertz CT molecular complexity index is 458. The van der Waals surface area contributed by atoms with Crippen molar-refractivity contribution >= 4 is 17.7 Å². The van der Waals surface area contributed by atoms with Gasteiger partial charge in [0.1, 0.15) is 10.6 Å². The predicted octanol–water partition coefficient (Wildman–Crippen LogP) is 4.34. The lowest BCUT2D eigenvalue weighted by Crippen LogP contribution is -2.54. The Balaban J connectivity index is 2.15. The van der Waals surface area contributed by atoms with Crippen molar-refractivity contribution in [3.05, 3.63) is 30.1 Å². The summed E-state index contributed by atoms with van der Waals surface area (Å²) in [6.07, 6.45) is 3.43. The van der Waals surface area contributed by atoms with E-state index in [1.807, 2.05) is 0 Å². The summed E-state index contributed by atoms with van der Waals surface area (Å²) in [7, 11) is 0. The lowest BCUT2D eigenvalue weighted by atomic mass is 9.58. The largest absolute Gasteiger partial charge is 0.480 e. The highest BCUT2D eigenvalue weighted by Gasteiger charge is 2.57. The smallest absolute Gasteiger partial charge is 0.320 e. The van der Waals surface area contributed by atoms with Crippen LogP contribution in [-0.4, -0.2) is 15.8 Å². The molecular weight excluding hydrogens is 263 g/mol. The van der Waals surface area contributed by atoms with E-state index in [-0.39, 0.29) is 11.2 Å². The molecule has 0 radical (unpaired) electrons. The standard InChI is InChI=1S/C15H19FO2S/c1-3-14(4-2)9-15(10-14,13(17)18)19-12-7-5-11(16)6-8-12/h5-8H,3-4,9-10H2,1-2H3,(H,17,18). The number of benzene rings is 1. The second-order valence-electron chi connectivity index (χ2n) is 5.42. The highest BCUT2D eigenvalue weighted by atomic mass is 32.2. The lowest BCUT2D eigenvalue weighted by Gasteiger charge is -2.53. The topological polar surface area (TPSA) is 37.3 Å².